The van der Waals surface area contributed by atoms with Gasteiger partial charge in [0.15, 0.2) is 0 Å². The van der Waals surface area contributed by atoms with Crippen LogP contribution < -0.4 is 0 Å². The van der Waals surface area contributed by atoms with Gasteiger partial charge in [-0.15, -0.1) is 0 Å². The molecule has 0 saturated heterocycles. The molecule has 0 aromatic heterocycles. The predicted molar refractivity (Wildman–Crippen MR) is 61.2 cm³/mol. The number of hydrogen-bond donors (Lipinski definition) is 2. The molecule has 0 aliphatic rings. The Morgan fingerprint density at radius 3 is 2.12 bits per heavy atom. The van der Waals surface area contributed by atoms with Crippen molar-refractivity contribution in [3.63, 3.8) is 0 Å². The van der Waals surface area contributed by atoms with Crippen LogP contribution in [-0.2, 0) is 9.59 Å². The summed E-state index contributed by atoms with van der Waals surface area (Å²) in [6.45, 7) is 6.55. The van der Waals surface area contributed by atoms with Crippen molar-refractivity contribution in [2.75, 3.05) is 0 Å². The van der Waals surface area contributed by atoms with E-state index in [1.165, 1.54) is 19.9 Å². The smallest absolute Gasteiger partial charge is 0.331 e. The van der Waals surface area contributed by atoms with Crippen LogP contribution in [0.1, 0.15) is 26.7 Å². The SMILES string of the molecule is C=CC(CCC=C(C)C(=O)O)=C(C)C(=O)O. The maximum absolute atomic E-state index is 10.7. The number of carboxylic acid groups (broad SMARTS) is 2. The Bertz CT molecular complexity index is 361. The molecule has 2 N–H and O–H groups in total. The second-order valence-electron chi connectivity index (χ2n) is 3.39. The first kappa shape index (κ1) is 14.2. The summed E-state index contributed by atoms with van der Waals surface area (Å²) in [5.41, 5.74) is 1.13. The Hall–Kier alpha value is -1.84. The van der Waals surface area contributed by atoms with Crippen molar-refractivity contribution in [1.82, 2.24) is 0 Å². The van der Waals surface area contributed by atoms with Gasteiger partial charge in [0.25, 0.3) is 0 Å². The molecule has 0 aliphatic heterocycles. The first-order valence-electron chi connectivity index (χ1n) is 4.85. The molecule has 0 heterocycles. The van der Waals surface area contributed by atoms with Gasteiger partial charge < -0.3 is 10.2 Å². The second-order valence-corrected chi connectivity index (χ2v) is 3.39. The third-order valence-electron chi connectivity index (χ3n) is 2.25. The summed E-state index contributed by atoms with van der Waals surface area (Å²) in [5.74, 6) is -1.94. The molecule has 0 fully saturated rings. The summed E-state index contributed by atoms with van der Waals surface area (Å²) in [7, 11) is 0. The van der Waals surface area contributed by atoms with Gasteiger partial charge in [-0.25, -0.2) is 9.59 Å². The van der Waals surface area contributed by atoms with Crippen molar-refractivity contribution in [1.29, 1.82) is 0 Å². The number of carboxylic acids is 2. The monoisotopic (exact) mass is 224 g/mol. The van der Waals surface area contributed by atoms with E-state index in [1.54, 1.807) is 6.08 Å². The van der Waals surface area contributed by atoms with Crippen molar-refractivity contribution in [2.24, 2.45) is 0 Å². The summed E-state index contributed by atoms with van der Waals surface area (Å²) in [4.78, 5) is 21.2. The second kappa shape index (κ2) is 6.61. The molecule has 0 amide bonds. The van der Waals surface area contributed by atoms with E-state index in [0.29, 0.717) is 18.4 Å². The van der Waals surface area contributed by atoms with Gasteiger partial charge in [0.2, 0.25) is 0 Å². The van der Waals surface area contributed by atoms with Crippen LogP contribution in [-0.4, -0.2) is 22.2 Å². The van der Waals surface area contributed by atoms with Gasteiger partial charge in [0.05, 0.1) is 0 Å². The van der Waals surface area contributed by atoms with E-state index in [0.717, 1.165) is 0 Å². The number of allylic oxidation sites excluding steroid dienone is 3. The van der Waals surface area contributed by atoms with Gasteiger partial charge in [-0.1, -0.05) is 18.7 Å². The van der Waals surface area contributed by atoms with E-state index < -0.39 is 11.9 Å². The molecule has 0 spiro atoms. The minimum atomic E-state index is -0.978. The number of carbonyl (C=O) groups is 2. The lowest BCUT2D eigenvalue weighted by Gasteiger charge is -2.03. The van der Waals surface area contributed by atoms with Crippen LogP contribution in [0.5, 0.6) is 0 Å². The van der Waals surface area contributed by atoms with Crippen molar-refractivity contribution in [3.05, 3.63) is 35.5 Å². The van der Waals surface area contributed by atoms with E-state index >= 15 is 0 Å². The number of rotatable bonds is 6. The first-order valence-corrected chi connectivity index (χ1v) is 4.85. The van der Waals surface area contributed by atoms with Crippen molar-refractivity contribution < 1.29 is 19.8 Å². The Morgan fingerprint density at radius 2 is 1.75 bits per heavy atom. The number of aliphatic carboxylic acids is 2. The third-order valence-corrected chi connectivity index (χ3v) is 2.25. The molecule has 4 nitrogen and oxygen atoms in total. The van der Waals surface area contributed by atoms with Gasteiger partial charge in [0, 0.05) is 11.1 Å². The van der Waals surface area contributed by atoms with E-state index in [1.807, 2.05) is 0 Å². The van der Waals surface area contributed by atoms with Crippen LogP contribution >= 0.6 is 0 Å². The van der Waals surface area contributed by atoms with Gasteiger partial charge in [-0.2, -0.15) is 0 Å². The Balaban J connectivity index is 4.56. The zero-order valence-corrected chi connectivity index (χ0v) is 9.49. The van der Waals surface area contributed by atoms with Crippen LogP contribution in [0.2, 0.25) is 0 Å². The lowest BCUT2D eigenvalue weighted by molar-refractivity contribution is -0.133. The molecule has 88 valence electrons. The highest BCUT2D eigenvalue weighted by Crippen LogP contribution is 2.13. The molecule has 0 atom stereocenters. The standard InChI is InChI=1S/C12H16O4/c1-4-10(9(3)12(15)16)7-5-6-8(2)11(13)14/h4,6H,1,5,7H2,2-3H3,(H,13,14)(H,15,16). The fourth-order valence-corrected chi connectivity index (χ4v) is 1.11. The quantitative estimate of drug-likeness (QED) is 0.536. The Morgan fingerprint density at radius 1 is 1.19 bits per heavy atom. The largest absolute Gasteiger partial charge is 0.478 e. The van der Waals surface area contributed by atoms with E-state index in [9.17, 15) is 9.59 Å². The van der Waals surface area contributed by atoms with E-state index in [2.05, 4.69) is 6.58 Å². The molecular weight excluding hydrogens is 208 g/mol. The highest BCUT2D eigenvalue weighted by molar-refractivity contribution is 5.87. The Labute approximate surface area is 94.6 Å². The van der Waals surface area contributed by atoms with Gasteiger partial charge in [-0.05, 0) is 32.3 Å². The average Bonchev–Trinajstić information content (AvgIpc) is 2.22. The summed E-state index contributed by atoms with van der Waals surface area (Å²) < 4.78 is 0. The minimum Gasteiger partial charge on any atom is -0.478 e. The highest BCUT2D eigenvalue weighted by atomic mass is 16.4. The molecule has 0 unspecified atom stereocenters. The van der Waals surface area contributed by atoms with Crippen molar-refractivity contribution in [2.45, 2.75) is 26.7 Å². The van der Waals surface area contributed by atoms with Gasteiger partial charge in [0.1, 0.15) is 0 Å². The summed E-state index contributed by atoms with van der Waals surface area (Å²) in [6, 6.07) is 0. The summed E-state index contributed by atoms with van der Waals surface area (Å²) >= 11 is 0. The van der Waals surface area contributed by atoms with E-state index in [-0.39, 0.29) is 11.1 Å². The van der Waals surface area contributed by atoms with Crippen molar-refractivity contribution >= 4 is 11.9 Å². The van der Waals surface area contributed by atoms with E-state index in [4.69, 9.17) is 10.2 Å². The van der Waals surface area contributed by atoms with Crippen LogP contribution in [0.15, 0.2) is 35.5 Å². The minimum absolute atomic E-state index is 0.247. The zero-order chi connectivity index (χ0) is 12.7. The van der Waals surface area contributed by atoms with Gasteiger partial charge >= 0.3 is 11.9 Å². The maximum Gasteiger partial charge on any atom is 0.331 e. The molecule has 0 bridgehead atoms. The topological polar surface area (TPSA) is 74.6 Å². The van der Waals surface area contributed by atoms with Crippen molar-refractivity contribution in [3.8, 4) is 0 Å². The molecule has 0 aliphatic carbocycles. The first-order chi connectivity index (χ1) is 7.40. The molecule has 0 rings (SSSR count). The van der Waals surface area contributed by atoms with Crippen LogP contribution in [0.3, 0.4) is 0 Å². The normalized spacial score (nSPS) is 13.0. The van der Waals surface area contributed by atoms with Gasteiger partial charge in [-0.3, -0.25) is 0 Å². The molecule has 0 saturated carbocycles. The number of hydrogen-bond acceptors (Lipinski definition) is 2. The van der Waals surface area contributed by atoms with Crippen LogP contribution in [0, 0.1) is 0 Å². The predicted octanol–water partition coefficient (Wildman–Crippen LogP) is 2.38. The van der Waals surface area contributed by atoms with Crippen LogP contribution in [0.4, 0.5) is 0 Å². The molecule has 16 heavy (non-hydrogen) atoms. The highest BCUT2D eigenvalue weighted by Gasteiger charge is 2.06. The molecular formula is C12H16O4. The maximum atomic E-state index is 10.7. The molecule has 0 aromatic carbocycles. The molecule has 4 heteroatoms. The lowest BCUT2D eigenvalue weighted by Crippen LogP contribution is -2.00. The van der Waals surface area contributed by atoms with Crippen LogP contribution in [0.25, 0.3) is 0 Å². The average molecular weight is 224 g/mol. The molecule has 0 radical (unpaired) electrons. The molecule has 0 aromatic rings. The zero-order valence-electron chi connectivity index (χ0n) is 9.49. The fourth-order valence-electron chi connectivity index (χ4n) is 1.11. The summed E-state index contributed by atoms with van der Waals surface area (Å²) in [6.07, 6.45) is 4.03. The lowest BCUT2D eigenvalue weighted by atomic mass is 10.0. The third kappa shape index (κ3) is 4.59. The summed E-state index contributed by atoms with van der Waals surface area (Å²) in [5, 5.41) is 17.4. The fraction of sp³-hybridized carbons (Fsp3) is 0.333. The Kier molecular flexibility index (Phi) is 5.85.